The van der Waals surface area contributed by atoms with Crippen LogP contribution in [0, 0.1) is 16.9 Å². The van der Waals surface area contributed by atoms with E-state index in [9.17, 15) is 20.0 Å². The van der Waals surface area contributed by atoms with Gasteiger partial charge >= 0.3 is 5.97 Å². The molecule has 0 spiro atoms. The van der Waals surface area contributed by atoms with E-state index in [0.29, 0.717) is 22.3 Å². The van der Waals surface area contributed by atoms with E-state index in [-0.39, 0.29) is 24.6 Å². The Kier molecular flexibility index (Phi) is 6.75. The summed E-state index contributed by atoms with van der Waals surface area (Å²) < 4.78 is 11.2. The summed E-state index contributed by atoms with van der Waals surface area (Å²) in [4.78, 5) is 30.7. The number of aromatic nitrogens is 1. The highest BCUT2D eigenvalue weighted by Crippen LogP contribution is 2.34. The molecule has 0 saturated carbocycles. The van der Waals surface area contributed by atoms with Gasteiger partial charge in [-0.25, -0.2) is 9.88 Å². The molecule has 0 bridgehead atoms. The van der Waals surface area contributed by atoms with Gasteiger partial charge in [0.2, 0.25) is 0 Å². The number of benzene rings is 3. The van der Waals surface area contributed by atoms with Crippen molar-refractivity contribution in [1.82, 2.24) is 9.88 Å². The lowest BCUT2D eigenvalue weighted by Gasteiger charge is -2.26. The van der Waals surface area contributed by atoms with E-state index in [1.54, 1.807) is 39.0 Å². The Labute approximate surface area is 208 Å². The fourth-order valence-electron chi connectivity index (χ4n) is 3.92. The number of esters is 1. The monoisotopic (exact) mass is 483 g/mol. The van der Waals surface area contributed by atoms with Gasteiger partial charge in [0.25, 0.3) is 5.91 Å². The van der Waals surface area contributed by atoms with Gasteiger partial charge in [-0.15, -0.1) is 0 Å². The fraction of sp³-hybridized carbons (Fsp3) is 0.214. The standard InChI is InChI=1S/C28H25N3O5/c1-4-35-27(34)28(2,3)16-31(17-29)26(33)25-22-14-19(12-13-21(22)23(32)15-30-25)36-24-11-7-9-18-8-5-6-10-20(18)24/h5-15,32H,4,16H2,1-3H3. The summed E-state index contributed by atoms with van der Waals surface area (Å²) in [6.07, 6.45) is 3.01. The maximum absolute atomic E-state index is 13.4. The lowest BCUT2D eigenvalue weighted by Crippen LogP contribution is -2.41. The smallest absolute Gasteiger partial charge is 0.313 e. The number of hydrogen-bond donors (Lipinski definition) is 1. The molecule has 0 radical (unpaired) electrons. The second-order valence-corrected chi connectivity index (χ2v) is 8.87. The minimum atomic E-state index is -1.11. The first kappa shape index (κ1) is 24.5. The third-order valence-electron chi connectivity index (χ3n) is 5.77. The van der Waals surface area contributed by atoms with E-state index in [0.717, 1.165) is 21.9 Å². The van der Waals surface area contributed by atoms with Crippen molar-refractivity contribution in [2.75, 3.05) is 13.2 Å². The van der Waals surface area contributed by atoms with Crippen LogP contribution in [0.25, 0.3) is 21.5 Å². The van der Waals surface area contributed by atoms with Crippen LogP contribution in [-0.4, -0.2) is 40.0 Å². The van der Waals surface area contributed by atoms with Crippen LogP contribution >= 0.6 is 0 Å². The molecule has 8 nitrogen and oxygen atoms in total. The molecule has 8 heteroatoms. The van der Waals surface area contributed by atoms with Crippen LogP contribution < -0.4 is 4.74 Å². The number of pyridine rings is 1. The first-order chi connectivity index (χ1) is 17.2. The lowest BCUT2D eigenvalue weighted by molar-refractivity contribution is -0.153. The molecule has 182 valence electrons. The van der Waals surface area contributed by atoms with Crippen LogP contribution in [0.4, 0.5) is 0 Å². The first-order valence-electron chi connectivity index (χ1n) is 11.4. The van der Waals surface area contributed by atoms with Gasteiger partial charge in [0.1, 0.15) is 22.9 Å². The average molecular weight is 484 g/mol. The Balaban J connectivity index is 1.72. The highest BCUT2D eigenvalue weighted by atomic mass is 16.5. The van der Waals surface area contributed by atoms with Crippen molar-refractivity contribution < 1.29 is 24.2 Å². The topological polar surface area (TPSA) is 113 Å². The molecule has 1 heterocycles. The largest absolute Gasteiger partial charge is 0.506 e. The quantitative estimate of drug-likeness (QED) is 0.213. The number of rotatable bonds is 7. The minimum absolute atomic E-state index is 0.0487. The number of fused-ring (bicyclic) bond motifs is 2. The minimum Gasteiger partial charge on any atom is -0.506 e. The summed E-state index contributed by atoms with van der Waals surface area (Å²) in [5, 5.41) is 22.7. The van der Waals surface area contributed by atoms with Gasteiger partial charge < -0.3 is 14.6 Å². The predicted octanol–water partition coefficient (Wildman–Crippen LogP) is 5.40. The zero-order chi connectivity index (χ0) is 25.9. The summed E-state index contributed by atoms with van der Waals surface area (Å²) >= 11 is 0. The van der Waals surface area contributed by atoms with Crippen LogP contribution in [0.3, 0.4) is 0 Å². The zero-order valence-corrected chi connectivity index (χ0v) is 20.2. The van der Waals surface area contributed by atoms with Crippen LogP contribution in [0.15, 0.2) is 66.9 Å². The Morgan fingerprint density at radius 3 is 2.56 bits per heavy atom. The Morgan fingerprint density at radius 1 is 1.06 bits per heavy atom. The number of hydrogen-bond acceptors (Lipinski definition) is 7. The molecule has 4 rings (SSSR count). The molecular formula is C28H25N3O5. The van der Waals surface area contributed by atoms with Gasteiger partial charge in [-0.2, -0.15) is 5.26 Å². The number of ether oxygens (including phenoxy) is 2. The maximum atomic E-state index is 13.4. The Bertz CT molecular complexity index is 1500. The number of amides is 1. The van der Waals surface area contributed by atoms with Crippen LogP contribution in [0.5, 0.6) is 17.2 Å². The summed E-state index contributed by atoms with van der Waals surface area (Å²) in [6.45, 7) is 4.87. The molecule has 0 aliphatic rings. The highest BCUT2D eigenvalue weighted by Gasteiger charge is 2.34. The SMILES string of the molecule is CCOC(=O)C(C)(C)CN(C#N)C(=O)c1ncc(O)c2ccc(Oc3cccc4ccccc34)cc12. The van der Waals surface area contributed by atoms with Crippen molar-refractivity contribution in [2.45, 2.75) is 20.8 Å². The molecule has 1 aromatic heterocycles. The van der Waals surface area contributed by atoms with E-state index in [4.69, 9.17) is 9.47 Å². The van der Waals surface area contributed by atoms with Crippen molar-refractivity contribution in [2.24, 2.45) is 5.41 Å². The molecule has 1 amide bonds. The molecule has 0 unspecified atom stereocenters. The van der Waals surface area contributed by atoms with Crippen LogP contribution in [0.1, 0.15) is 31.3 Å². The molecule has 0 aliphatic carbocycles. The van der Waals surface area contributed by atoms with Crippen molar-refractivity contribution in [3.05, 3.63) is 72.6 Å². The second-order valence-electron chi connectivity index (χ2n) is 8.87. The summed E-state index contributed by atoms with van der Waals surface area (Å²) in [5.74, 6) is -0.290. The molecule has 0 atom stereocenters. The van der Waals surface area contributed by atoms with E-state index in [2.05, 4.69) is 4.98 Å². The van der Waals surface area contributed by atoms with Gasteiger partial charge in [0, 0.05) is 16.2 Å². The van der Waals surface area contributed by atoms with E-state index >= 15 is 0 Å². The van der Waals surface area contributed by atoms with Gasteiger partial charge in [0.15, 0.2) is 6.19 Å². The highest BCUT2D eigenvalue weighted by molar-refractivity contribution is 6.07. The van der Waals surface area contributed by atoms with Crippen molar-refractivity contribution in [1.29, 1.82) is 5.26 Å². The predicted molar refractivity (Wildman–Crippen MR) is 134 cm³/mol. The molecule has 3 aromatic carbocycles. The van der Waals surface area contributed by atoms with Crippen LogP contribution in [-0.2, 0) is 9.53 Å². The van der Waals surface area contributed by atoms with Crippen molar-refractivity contribution in [3.63, 3.8) is 0 Å². The number of nitrogens with zero attached hydrogens (tertiary/aromatic N) is 3. The Morgan fingerprint density at radius 2 is 1.81 bits per heavy atom. The van der Waals surface area contributed by atoms with Gasteiger partial charge in [-0.05, 0) is 50.4 Å². The number of aromatic hydroxyl groups is 1. The normalized spacial score (nSPS) is 11.2. The summed E-state index contributed by atoms with van der Waals surface area (Å²) in [5.41, 5.74) is -1.16. The van der Waals surface area contributed by atoms with Crippen molar-refractivity contribution in [3.8, 4) is 23.4 Å². The lowest BCUT2D eigenvalue weighted by atomic mass is 9.93. The van der Waals surface area contributed by atoms with Gasteiger partial charge in [-0.1, -0.05) is 36.4 Å². The molecule has 0 fully saturated rings. The van der Waals surface area contributed by atoms with Gasteiger partial charge in [-0.3, -0.25) is 9.59 Å². The molecule has 1 N–H and O–H groups in total. The summed E-state index contributed by atoms with van der Waals surface area (Å²) in [7, 11) is 0. The van der Waals surface area contributed by atoms with E-state index in [1.807, 2.05) is 48.7 Å². The number of nitriles is 1. The van der Waals surface area contributed by atoms with Crippen molar-refractivity contribution >= 4 is 33.4 Å². The molecule has 0 aliphatic heterocycles. The molecule has 36 heavy (non-hydrogen) atoms. The third kappa shape index (κ3) is 4.77. The zero-order valence-electron chi connectivity index (χ0n) is 20.2. The van der Waals surface area contributed by atoms with E-state index in [1.165, 1.54) is 0 Å². The maximum Gasteiger partial charge on any atom is 0.313 e. The Hall–Kier alpha value is -4.64. The second kappa shape index (κ2) is 9.92. The van der Waals surface area contributed by atoms with Gasteiger partial charge in [0.05, 0.1) is 24.8 Å². The fourth-order valence-corrected chi connectivity index (χ4v) is 3.92. The molecule has 4 aromatic rings. The third-order valence-corrected chi connectivity index (χ3v) is 5.77. The van der Waals surface area contributed by atoms with Crippen LogP contribution in [0.2, 0.25) is 0 Å². The first-order valence-corrected chi connectivity index (χ1v) is 11.4. The average Bonchev–Trinajstić information content (AvgIpc) is 2.87. The number of carbonyl (C=O) groups excluding carboxylic acids is 2. The molecule has 0 saturated heterocycles. The summed E-state index contributed by atoms with van der Waals surface area (Å²) in [6, 6.07) is 18.4. The number of carbonyl (C=O) groups is 2. The van der Waals surface area contributed by atoms with E-state index < -0.39 is 17.3 Å². The molecular weight excluding hydrogens is 458 g/mol.